The Bertz CT molecular complexity index is 419. The van der Waals surface area contributed by atoms with E-state index < -0.39 is 5.97 Å². The fraction of sp³-hybridized carbons (Fsp3) is 0.417. The molecule has 1 aliphatic heterocycles. The molecule has 2 N–H and O–H groups in total. The first-order chi connectivity index (χ1) is 7.58. The highest BCUT2D eigenvalue weighted by atomic mass is 79.9. The third kappa shape index (κ3) is 2.21. The minimum Gasteiger partial charge on any atom is -0.481 e. The van der Waals surface area contributed by atoms with Gasteiger partial charge >= 0.3 is 5.97 Å². The van der Waals surface area contributed by atoms with Crippen molar-refractivity contribution in [3.63, 3.8) is 0 Å². The summed E-state index contributed by atoms with van der Waals surface area (Å²) in [5.74, 6) is -1.03. The van der Waals surface area contributed by atoms with E-state index in [1.54, 1.807) is 6.92 Å². The zero-order valence-electron chi connectivity index (χ0n) is 9.03. The molecule has 2 unspecified atom stereocenters. The zero-order valence-corrected chi connectivity index (χ0v) is 10.6. The molecule has 1 aliphatic rings. The summed E-state index contributed by atoms with van der Waals surface area (Å²) in [5.41, 5.74) is 2.38. The minimum atomic E-state index is -0.725. The summed E-state index contributed by atoms with van der Waals surface area (Å²) in [6.45, 7) is 1.75. The number of hydrogen-bond donors (Lipinski definition) is 2. The van der Waals surface area contributed by atoms with Gasteiger partial charge in [0.2, 0.25) is 0 Å². The highest BCUT2D eigenvalue weighted by molar-refractivity contribution is 9.10. The second kappa shape index (κ2) is 4.45. The van der Waals surface area contributed by atoms with Gasteiger partial charge in [-0.15, -0.1) is 0 Å². The molecule has 0 saturated heterocycles. The van der Waals surface area contributed by atoms with E-state index in [1.807, 2.05) is 18.2 Å². The van der Waals surface area contributed by atoms with Gasteiger partial charge in [0.1, 0.15) is 0 Å². The topological polar surface area (TPSA) is 49.3 Å². The Labute approximate surface area is 103 Å². The monoisotopic (exact) mass is 283 g/mol. The first-order valence-electron chi connectivity index (χ1n) is 5.34. The Hall–Kier alpha value is -1.03. The maximum atomic E-state index is 10.8. The van der Waals surface area contributed by atoms with Crippen LogP contribution in [0, 0.1) is 5.92 Å². The van der Waals surface area contributed by atoms with Crippen molar-refractivity contribution in [3.8, 4) is 0 Å². The summed E-state index contributed by atoms with van der Waals surface area (Å²) in [5, 5.41) is 12.2. The lowest BCUT2D eigenvalue weighted by molar-refractivity contribution is -0.141. The predicted octanol–water partition coefficient (Wildman–Crippen LogP) is 2.90. The summed E-state index contributed by atoms with van der Waals surface area (Å²) in [6, 6.07) is 6.27. The molecular weight excluding hydrogens is 270 g/mol. The van der Waals surface area contributed by atoms with Gasteiger partial charge in [-0.2, -0.15) is 0 Å². The third-order valence-corrected chi connectivity index (χ3v) is 3.73. The van der Waals surface area contributed by atoms with E-state index in [9.17, 15) is 4.79 Å². The van der Waals surface area contributed by atoms with Crippen LogP contribution in [-0.2, 0) is 11.2 Å². The van der Waals surface area contributed by atoms with Crippen molar-refractivity contribution in [1.29, 1.82) is 0 Å². The van der Waals surface area contributed by atoms with Crippen LogP contribution in [0.1, 0.15) is 18.9 Å². The number of carboxylic acids is 1. The van der Waals surface area contributed by atoms with Gasteiger partial charge in [-0.05, 0) is 30.5 Å². The summed E-state index contributed by atoms with van der Waals surface area (Å²) >= 11 is 3.51. The van der Waals surface area contributed by atoms with Crippen LogP contribution in [0.5, 0.6) is 0 Å². The Balaban J connectivity index is 2.06. The summed E-state index contributed by atoms with van der Waals surface area (Å²) in [4.78, 5) is 10.8. The van der Waals surface area contributed by atoms with Crippen molar-refractivity contribution < 1.29 is 9.90 Å². The lowest BCUT2D eigenvalue weighted by atomic mass is 9.99. The van der Waals surface area contributed by atoms with Gasteiger partial charge in [0.05, 0.1) is 5.92 Å². The lowest BCUT2D eigenvalue weighted by Crippen LogP contribution is -2.22. The van der Waals surface area contributed by atoms with Crippen molar-refractivity contribution in [2.24, 2.45) is 5.92 Å². The van der Waals surface area contributed by atoms with E-state index in [4.69, 9.17) is 5.11 Å². The van der Waals surface area contributed by atoms with E-state index in [-0.39, 0.29) is 12.0 Å². The molecule has 0 fully saturated rings. The van der Waals surface area contributed by atoms with Crippen LogP contribution in [0.25, 0.3) is 0 Å². The van der Waals surface area contributed by atoms with Crippen LogP contribution in [0.15, 0.2) is 22.7 Å². The molecule has 1 heterocycles. The van der Waals surface area contributed by atoms with Gasteiger partial charge < -0.3 is 10.4 Å². The molecule has 0 aromatic heterocycles. The smallest absolute Gasteiger partial charge is 0.306 e. The molecule has 2 rings (SSSR count). The van der Waals surface area contributed by atoms with E-state index in [1.165, 1.54) is 5.56 Å². The third-order valence-electron chi connectivity index (χ3n) is 2.99. The number of carboxylic acid groups (broad SMARTS) is 1. The minimum absolute atomic E-state index is 0.236. The average molecular weight is 284 g/mol. The van der Waals surface area contributed by atoms with Crippen molar-refractivity contribution in [2.75, 3.05) is 5.32 Å². The highest BCUT2D eigenvalue weighted by Crippen LogP contribution is 2.33. The van der Waals surface area contributed by atoms with Crippen LogP contribution in [0.4, 0.5) is 5.69 Å². The standard InChI is InChI=1S/C12H14BrNO2/c1-7(12(15)16)5-8-6-9-10(13)3-2-4-11(9)14-8/h2-4,7-8,14H,5-6H2,1H3,(H,15,16). The molecule has 0 amide bonds. The molecule has 0 saturated carbocycles. The number of aliphatic carboxylic acids is 1. The normalized spacial score (nSPS) is 20.0. The van der Waals surface area contributed by atoms with Gasteiger partial charge in [-0.1, -0.05) is 28.9 Å². The van der Waals surface area contributed by atoms with Gasteiger partial charge in [-0.25, -0.2) is 0 Å². The van der Waals surface area contributed by atoms with Gasteiger partial charge in [0.15, 0.2) is 0 Å². The van der Waals surface area contributed by atoms with Gasteiger partial charge in [0, 0.05) is 16.2 Å². The molecular formula is C12H14BrNO2. The van der Waals surface area contributed by atoms with Crippen LogP contribution in [0.3, 0.4) is 0 Å². The SMILES string of the molecule is CC(CC1Cc2c(Br)cccc2N1)C(=O)O. The number of nitrogens with one attached hydrogen (secondary N) is 1. The van der Waals surface area contributed by atoms with Crippen molar-refractivity contribution in [3.05, 3.63) is 28.2 Å². The molecule has 1 aromatic carbocycles. The molecule has 3 nitrogen and oxygen atoms in total. The number of halogens is 1. The number of fused-ring (bicyclic) bond motifs is 1. The zero-order chi connectivity index (χ0) is 11.7. The Morgan fingerprint density at radius 2 is 2.44 bits per heavy atom. The molecule has 86 valence electrons. The Morgan fingerprint density at radius 3 is 3.06 bits per heavy atom. The molecule has 4 heteroatoms. The second-order valence-electron chi connectivity index (χ2n) is 4.29. The number of hydrogen-bond acceptors (Lipinski definition) is 2. The van der Waals surface area contributed by atoms with Crippen LogP contribution in [0.2, 0.25) is 0 Å². The molecule has 0 aliphatic carbocycles. The summed E-state index contributed by atoms with van der Waals surface area (Å²) in [7, 11) is 0. The molecule has 16 heavy (non-hydrogen) atoms. The fourth-order valence-electron chi connectivity index (χ4n) is 2.09. The number of benzene rings is 1. The van der Waals surface area contributed by atoms with Gasteiger partial charge in [-0.3, -0.25) is 4.79 Å². The first kappa shape index (κ1) is 11.5. The van der Waals surface area contributed by atoms with Crippen molar-refractivity contribution >= 4 is 27.6 Å². The maximum absolute atomic E-state index is 10.8. The highest BCUT2D eigenvalue weighted by Gasteiger charge is 2.25. The largest absolute Gasteiger partial charge is 0.481 e. The fourth-order valence-corrected chi connectivity index (χ4v) is 2.62. The predicted molar refractivity (Wildman–Crippen MR) is 66.7 cm³/mol. The molecule has 1 aromatic rings. The van der Waals surface area contributed by atoms with Crippen molar-refractivity contribution in [1.82, 2.24) is 0 Å². The average Bonchev–Trinajstić information content (AvgIpc) is 2.61. The maximum Gasteiger partial charge on any atom is 0.306 e. The van der Waals surface area contributed by atoms with Crippen LogP contribution >= 0.6 is 15.9 Å². The van der Waals surface area contributed by atoms with E-state index in [0.29, 0.717) is 6.42 Å². The van der Waals surface area contributed by atoms with Crippen LogP contribution in [-0.4, -0.2) is 17.1 Å². The summed E-state index contributed by atoms with van der Waals surface area (Å²) in [6.07, 6.45) is 1.56. The molecule has 0 spiro atoms. The Morgan fingerprint density at radius 1 is 1.69 bits per heavy atom. The number of anilines is 1. The first-order valence-corrected chi connectivity index (χ1v) is 6.14. The number of carbonyl (C=O) groups is 1. The van der Waals surface area contributed by atoms with Crippen molar-refractivity contribution in [2.45, 2.75) is 25.8 Å². The molecule has 2 atom stereocenters. The lowest BCUT2D eigenvalue weighted by Gasteiger charge is -2.13. The summed E-state index contributed by atoms with van der Waals surface area (Å²) < 4.78 is 1.10. The number of rotatable bonds is 3. The van der Waals surface area contributed by atoms with E-state index >= 15 is 0 Å². The second-order valence-corrected chi connectivity index (χ2v) is 5.14. The quantitative estimate of drug-likeness (QED) is 0.897. The molecule has 0 radical (unpaired) electrons. The van der Waals surface area contributed by atoms with Gasteiger partial charge in [0.25, 0.3) is 0 Å². The molecule has 0 bridgehead atoms. The van der Waals surface area contributed by atoms with E-state index in [0.717, 1.165) is 16.6 Å². The Kier molecular flexibility index (Phi) is 3.19. The van der Waals surface area contributed by atoms with Crippen LogP contribution < -0.4 is 5.32 Å². The van der Waals surface area contributed by atoms with E-state index in [2.05, 4.69) is 21.2 Å².